The van der Waals surface area contributed by atoms with Crippen molar-refractivity contribution >= 4 is 5.78 Å². The number of aliphatic hydroxyl groups excluding tert-OH is 2. The number of rotatable bonds is 4. The highest BCUT2D eigenvalue weighted by Gasteiger charge is 2.45. The monoisotopic (exact) mass is 252 g/mol. The number of hydrogen-bond acceptors (Lipinski definition) is 5. The van der Waals surface area contributed by atoms with E-state index in [4.69, 9.17) is 9.47 Å². The van der Waals surface area contributed by atoms with Gasteiger partial charge < -0.3 is 19.7 Å². The summed E-state index contributed by atoms with van der Waals surface area (Å²) in [5.74, 6) is -0.274. The van der Waals surface area contributed by atoms with Crippen LogP contribution in [-0.2, 0) is 20.9 Å². The van der Waals surface area contributed by atoms with Gasteiger partial charge in [-0.25, -0.2) is 0 Å². The van der Waals surface area contributed by atoms with Gasteiger partial charge in [-0.05, 0) is 12.5 Å². The van der Waals surface area contributed by atoms with Gasteiger partial charge in [0, 0.05) is 0 Å². The van der Waals surface area contributed by atoms with Crippen LogP contribution in [0.5, 0.6) is 0 Å². The minimum Gasteiger partial charge on any atom is -0.385 e. The van der Waals surface area contributed by atoms with Crippen molar-refractivity contribution in [3.05, 3.63) is 35.9 Å². The summed E-state index contributed by atoms with van der Waals surface area (Å²) < 4.78 is 10.5. The molecule has 1 saturated heterocycles. The molecule has 0 amide bonds. The van der Waals surface area contributed by atoms with Crippen molar-refractivity contribution in [1.29, 1.82) is 0 Å². The molecule has 2 N–H and O–H groups in total. The summed E-state index contributed by atoms with van der Waals surface area (Å²) >= 11 is 0. The lowest BCUT2D eigenvalue weighted by Gasteiger charge is -2.18. The van der Waals surface area contributed by atoms with E-state index >= 15 is 0 Å². The zero-order chi connectivity index (χ0) is 13.1. The van der Waals surface area contributed by atoms with Crippen molar-refractivity contribution in [2.75, 3.05) is 0 Å². The van der Waals surface area contributed by atoms with E-state index in [9.17, 15) is 15.0 Å². The van der Waals surface area contributed by atoms with Gasteiger partial charge in [0.05, 0.1) is 6.61 Å². The van der Waals surface area contributed by atoms with E-state index in [0.717, 1.165) is 5.56 Å². The normalized spacial score (nSPS) is 31.5. The molecule has 1 aromatic rings. The molecule has 0 radical (unpaired) electrons. The number of carbonyl (C=O) groups is 1. The van der Waals surface area contributed by atoms with E-state index < -0.39 is 24.6 Å². The summed E-state index contributed by atoms with van der Waals surface area (Å²) in [4.78, 5) is 11.3. The summed E-state index contributed by atoms with van der Waals surface area (Å²) in [6, 6.07) is 9.39. The van der Waals surface area contributed by atoms with Crippen molar-refractivity contribution in [3.8, 4) is 0 Å². The summed E-state index contributed by atoms with van der Waals surface area (Å²) in [6.45, 7) is 1.59. The molecule has 1 aliphatic rings. The number of Topliss-reactive ketones (excluding diaryl/α,β-unsaturated/α-hetero) is 1. The average Bonchev–Trinajstić information content (AvgIpc) is 2.65. The third kappa shape index (κ3) is 2.76. The second-order valence-corrected chi connectivity index (χ2v) is 4.31. The number of ether oxygens (including phenoxy) is 2. The smallest absolute Gasteiger partial charge is 0.184 e. The Bertz CT molecular complexity index is 405. The summed E-state index contributed by atoms with van der Waals surface area (Å²) in [6.07, 6.45) is -4.33. The van der Waals surface area contributed by atoms with E-state index in [1.807, 2.05) is 30.3 Å². The fourth-order valence-corrected chi connectivity index (χ4v) is 1.93. The van der Waals surface area contributed by atoms with Crippen LogP contribution in [0.1, 0.15) is 12.5 Å². The quantitative estimate of drug-likeness (QED) is 0.802. The lowest BCUT2D eigenvalue weighted by atomic mass is 10.1. The predicted molar refractivity (Wildman–Crippen MR) is 62.6 cm³/mol. The van der Waals surface area contributed by atoms with E-state index in [-0.39, 0.29) is 12.4 Å². The lowest BCUT2D eigenvalue weighted by Crippen LogP contribution is -2.38. The third-order valence-electron chi connectivity index (χ3n) is 2.90. The zero-order valence-electron chi connectivity index (χ0n) is 10.0. The van der Waals surface area contributed by atoms with Crippen molar-refractivity contribution < 1.29 is 24.5 Å². The van der Waals surface area contributed by atoms with Crippen molar-refractivity contribution in [1.82, 2.24) is 0 Å². The van der Waals surface area contributed by atoms with Gasteiger partial charge >= 0.3 is 0 Å². The first-order valence-corrected chi connectivity index (χ1v) is 5.77. The fourth-order valence-electron chi connectivity index (χ4n) is 1.93. The molecule has 5 heteroatoms. The van der Waals surface area contributed by atoms with Crippen LogP contribution in [0.2, 0.25) is 0 Å². The Labute approximate surface area is 105 Å². The number of benzene rings is 1. The van der Waals surface area contributed by atoms with Crippen LogP contribution < -0.4 is 0 Å². The maximum absolute atomic E-state index is 11.3. The molecule has 0 aliphatic carbocycles. The molecule has 1 heterocycles. The molecular formula is C13H16O5. The number of hydrogen-bond donors (Lipinski definition) is 2. The maximum Gasteiger partial charge on any atom is 0.184 e. The maximum atomic E-state index is 11.3. The topological polar surface area (TPSA) is 76.0 Å². The molecule has 1 aliphatic heterocycles. The first-order valence-electron chi connectivity index (χ1n) is 5.77. The number of ketones is 1. The number of aliphatic hydroxyl groups is 2. The Morgan fingerprint density at radius 2 is 2.00 bits per heavy atom. The molecule has 1 unspecified atom stereocenters. The van der Waals surface area contributed by atoms with E-state index in [0.29, 0.717) is 0 Å². The molecule has 98 valence electrons. The van der Waals surface area contributed by atoms with E-state index in [2.05, 4.69) is 0 Å². The minimum absolute atomic E-state index is 0.252. The molecule has 0 bridgehead atoms. The number of carbonyl (C=O) groups excluding carboxylic acids is 1. The van der Waals surface area contributed by atoms with Gasteiger partial charge in [0.15, 0.2) is 12.1 Å². The molecule has 4 atom stereocenters. The molecule has 1 fully saturated rings. The molecule has 5 nitrogen and oxygen atoms in total. The SMILES string of the molecule is CC(=O)[C@H]1OC(O)[C@H](O)[C@H]1OCc1ccccc1. The van der Waals surface area contributed by atoms with Crippen LogP contribution in [-0.4, -0.2) is 40.6 Å². The Balaban J connectivity index is 2.00. The minimum atomic E-state index is -1.38. The average molecular weight is 252 g/mol. The van der Waals surface area contributed by atoms with Gasteiger partial charge in [-0.1, -0.05) is 30.3 Å². The van der Waals surface area contributed by atoms with Gasteiger partial charge in [0.25, 0.3) is 0 Å². The highest BCUT2D eigenvalue weighted by Crippen LogP contribution is 2.24. The Hall–Kier alpha value is -1.27. The zero-order valence-corrected chi connectivity index (χ0v) is 10.0. The van der Waals surface area contributed by atoms with Crippen LogP contribution in [0.15, 0.2) is 30.3 Å². The first-order chi connectivity index (χ1) is 8.59. The van der Waals surface area contributed by atoms with Crippen molar-refractivity contribution in [2.45, 2.75) is 38.1 Å². The third-order valence-corrected chi connectivity index (χ3v) is 2.90. The molecule has 0 saturated carbocycles. The van der Waals surface area contributed by atoms with Crippen LogP contribution in [0.3, 0.4) is 0 Å². The summed E-state index contributed by atoms with van der Waals surface area (Å²) in [7, 11) is 0. The molecule has 0 spiro atoms. The van der Waals surface area contributed by atoms with Gasteiger partial charge in [0.2, 0.25) is 0 Å². The molecule has 1 aromatic carbocycles. The lowest BCUT2D eigenvalue weighted by molar-refractivity contribution is -0.148. The predicted octanol–water partition coefficient (Wildman–Crippen LogP) is 0.239. The van der Waals surface area contributed by atoms with E-state index in [1.165, 1.54) is 6.92 Å². The molecule has 18 heavy (non-hydrogen) atoms. The van der Waals surface area contributed by atoms with Gasteiger partial charge in [-0.15, -0.1) is 0 Å². The van der Waals surface area contributed by atoms with Crippen molar-refractivity contribution in [3.63, 3.8) is 0 Å². The largest absolute Gasteiger partial charge is 0.385 e. The highest BCUT2D eigenvalue weighted by molar-refractivity contribution is 5.81. The second-order valence-electron chi connectivity index (χ2n) is 4.31. The molecule has 2 rings (SSSR count). The van der Waals surface area contributed by atoms with Crippen LogP contribution in [0.25, 0.3) is 0 Å². The van der Waals surface area contributed by atoms with Gasteiger partial charge in [-0.3, -0.25) is 4.79 Å². The van der Waals surface area contributed by atoms with Gasteiger partial charge in [0.1, 0.15) is 18.3 Å². The molecule has 0 aromatic heterocycles. The summed E-state index contributed by atoms with van der Waals surface area (Å²) in [5, 5.41) is 19.1. The Kier molecular flexibility index (Phi) is 4.08. The Morgan fingerprint density at radius 3 is 2.61 bits per heavy atom. The van der Waals surface area contributed by atoms with Crippen LogP contribution in [0.4, 0.5) is 0 Å². The van der Waals surface area contributed by atoms with Gasteiger partial charge in [-0.2, -0.15) is 0 Å². The molecular weight excluding hydrogens is 236 g/mol. The summed E-state index contributed by atoms with van der Waals surface area (Å²) in [5.41, 5.74) is 0.924. The fraction of sp³-hybridized carbons (Fsp3) is 0.462. The van der Waals surface area contributed by atoms with Crippen molar-refractivity contribution in [2.24, 2.45) is 0 Å². The first kappa shape index (κ1) is 13.2. The van der Waals surface area contributed by atoms with E-state index in [1.54, 1.807) is 0 Å². The Morgan fingerprint density at radius 1 is 1.33 bits per heavy atom. The standard InChI is InChI=1S/C13H16O5/c1-8(14)11-12(10(15)13(16)18-11)17-7-9-5-3-2-4-6-9/h2-6,10-13,15-16H,7H2,1H3/t10-,11-,12-,13?/m1/s1. The second kappa shape index (κ2) is 5.58. The van der Waals surface area contributed by atoms with Crippen LogP contribution in [0, 0.1) is 0 Å². The van der Waals surface area contributed by atoms with Crippen LogP contribution >= 0.6 is 0 Å². The highest BCUT2D eigenvalue weighted by atomic mass is 16.7.